The number of hydrogen-bond acceptors (Lipinski definition) is 3. The Morgan fingerprint density at radius 2 is 2.06 bits per heavy atom. The zero-order chi connectivity index (χ0) is 13.6. The summed E-state index contributed by atoms with van der Waals surface area (Å²) in [5.74, 6) is 0. The van der Waals surface area contributed by atoms with Gasteiger partial charge in [0.1, 0.15) is 5.21 Å². The predicted molar refractivity (Wildman–Crippen MR) is 78.1 cm³/mol. The van der Waals surface area contributed by atoms with Gasteiger partial charge in [-0.25, -0.2) is 8.42 Å². The lowest BCUT2D eigenvalue weighted by atomic mass is 10.2. The van der Waals surface area contributed by atoms with Gasteiger partial charge in [0.15, 0.2) is 0 Å². The van der Waals surface area contributed by atoms with Gasteiger partial charge in [-0.2, -0.15) is 0 Å². The molecular weight excluding hydrogens is 295 g/mol. The molecule has 0 spiro atoms. The van der Waals surface area contributed by atoms with Crippen molar-refractivity contribution in [1.29, 1.82) is 0 Å². The van der Waals surface area contributed by atoms with Crippen LogP contribution in [0, 0.1) is 0 Å². The van der Waals surface area contributed by atoms with Crippen molar-refractivity contribution in [2.45, 2.75) is 19.8 Å². The molecule has 0 heterocycles. The summed E-state index contributed by atoms with van der Waals surface area (Å²) in [7, 11) is -3.48. The molecule has 0 amide bonds. The molecule has 0 bridgehead atoms. The van der Waals surface area contributed by atoms with Crippen LogP contribution >= 0.6 is 23.2 Å². The van der Waals surface area contributed by atoms with Crippen molar-refractivity contribution in [3.63, 3.8) is 0 Å². The summed E-state index contributed by atoms with van der Waals surface area (Å²) in [6.45, 7) is 2.89. The zero-order valence-corrected chi connectivity index (χ0v) is 12.4. The molecule has 1 rings (SSSR count). The highest BCUT2D eigenvalue weighted by Gasteiger charge is 2.09. The van der Waals surface area contributed by atoms with Crippen LogP contribution in [0.3, 0.4) is 0 Å². The molecule has 4 nitrogen and oxygen atoms in total. The van der Waals surface area contributed by atoms with E-state index in [0.29, 0.717) is 16.4 Å². The van der Waals surface area contributed by atoms with Crippen LogP contribution < -0.4 is 10.0 Å². The summed E-state index contributed by atoms with van der Waals surface area (Å²) in [5.41, 5.74) is 1.15. The van der Waals surface area contributed by atoms with Gasteiger partial charge in [0.25, 0.3) is 0 Å². The maximum atomic E-state index is 11.3. The molecule has 1 aromatic rings. The second-order valence-corrected chi connectivity index (χ2v) is 6.51. The lowest BCUT2D eigenvalue weighted by molar-refractivity contribution is 0.605. The van der Waals surface area contributed by atoms with Crippen molar-refractivity contribution in [2.75, 3.05) is 21.8 Å². The molecule has 2 N–H and O–H groups in total. The third-order valence-electron chi connectivity index (χ3n) is 2.23. The summed E-state index contributed by atoms with van der Waals surface area (Å²) in [4.78, 5) is 0. The number of halogens is 2. The average Bonchev–Trinajstić information content (AvgIpc) is 2.33. The summed E-state index contributed by atoms with van der Waals surface area (Å²) >= 11 is 11.3. The summed E-state index contributed by atoms with van der Waals surface area (Å²) < 4.78 is 25.0. The van der Waals surface area contributed by atoms with Crippen LogP contribution in [0.5, 0.6) is 0 Å². The number of unbranched alkanes of at least 4 members (excludes halogenated alkanes) is 1. The fourth-order valence-corrected chi connectivity index (χ4v) is 2.22. The van der Waals surface area contributed by atoms with E-state index in [4.69, 9.17) is 23.2 Å². The number of nitrogens with one attached hydrogen (secondary N) is 2. The van der Waals surface area contributed by atoms with Crippen molar-refractivity contribution < 1.29 is 8.42 Å². The molecular formula is C11H16Cl2N2O2S. The maximum Gasteiger partial charge on any atom is 0.246 e. The van der Waals surface area contributed by atoms with Crippen LogP contribution in [0.4, 0.5) is 11.4 Å². The Hall–Kier alpha value is -0.650. The van der Waals surface area contributed by atoms with E-state index in [1.165, 1.54) is 0 Å². The Kier molecular flexibility index (Phi) is 6.05. The van der Waals surface area contributed by atoms with Crippen LogP contribution in [-0.4, -0.2) is 20.2 Å². The van der Waals surface area contributed by atoms with Crippen molar-refractivity contribution in [1.82, 2.24) is 0 Å². The normalized spacial score (nSPS) is 11.3. The third kappa shape index (κ3) is 4.92. The number of sulfonamides is 1. The molecule has 0 radical (unpaired) electrons. The Bertz CT molecular complexity index is 492. The highest BCUT2D eigenvalue weighted by atomic mass is 35.5. The van der Waals surface area contributed by atoms with Gasteiger partial charge in [0, 0.05) is 6.54 Å². The van der Waals surface area contributed by atoms with E-state index in [1.807, 2.05) is 0 Å². The molecule has 0 aliphatic rings. The Morgan fingerprint density at radius 3 is 2.67 bits per heavy atom. The van der Waals surface area contributed by atoms with Crippen LogP contribution in [0.25, 0.3) is 0 Å². The molecule has 102 valence electrons. The Balaban J connectivity index is 2.80. The van der Waals surface area contributed by atoms with Gasteiger partial charge >= 0.3 is 0 Å². The second kappa shape index (κ2) is 7.07. The van der Waals surface area contributed by atoms with E-state index in [9.17, 15) is 8.42 Å². The molecule has 0 aromatic heterocycles. The minimum Gasteiger partial charge on any atom is -0.384 e. The van der Waals surface area contributed by atoms with Crippen molar-refractivity contribution in [2.24, 2.45) is 0 Å². The van der Waals surface area contributed by atoms with Gasteiger partial charge in [0.2, 0.25) is 10.0 Å². The number of benzene rings is 1. The average molecular weight is 311 g/mol. The van der Waals surface area contributed by atoms with E-state index in [-0.39, 0.29) is 0 Å². The smallest absolute Gasteiger partial charge is 0.246 e. The van der Waals surface area contributed by atoms with Crippen molar-refractivity contribution in [3.8, 4) is 0 Å². The standard InChI is InChI=1S/C11H16Cl2N2O2S/c1-2-3-6-14-11-7-9(4-5-10(11)13)15-18(16,17)8-12/h4-5,7,14-15H,2-3,6,8H2,1H3. The van der Waals surface area contributed by atoms with Crippen LogP contribution in [0.15, 0.2) is 18.2 Å². The van der Waals surface area contributed by atoms with Crippen molar-refractivity contribution >= 4 is 44.6 Å². The van der Waals surface area contributed by atoms with Crippen molar-refractivity contribution in [3.05, 3.63) is 23.2 Å². The van der Waals surface area contributed by atoms with Gasteiger partial charge in [-0.1, -0.05) is 24.9 Å². The first-order chi connectivity index (χ1) is 8.48. The molecule has 0 aliphatic carbocycles. The highest BCUT2D eigenvalue weighted by Crippen LogP contribution is 2.26. The fourth-order valence-electron chi connectivity index (χ4n) is 1.33. The summed E-state index contributed by atoms with van der Waals surface area (Å²) in [5, 5.41) is 3.24. The molecule has 0 atom stereocenters. The number of rotatable bonds is 7. The van der Waals surface area contributed by atoms with E-state index in [0.717, 1.165) is 19.4 Å². The number of alkyl halides is 1. The molecule has 0 saturated heterocycles. The SMILES string of the molecule is CCCCNc1cc(NS(=O)(=O)CCl)ccc1Cl. The molecule has 1 aromatic carbocycles. The van der Waals surface area contributed by atoms with Crippen LogP contribution in [-0.2, 0) is 10.0 Å². The highest BCUT2D eigenvalue weighted by molar-refractivity contribution is 7.93. The first-order valence-electron chi connectivity index (χ1n) is 5.58. The van der Waals surface area contributed by atoms with Gasteiger partial charge in [-0.15, -0.1) is 11.6 Å². The lowest BCUT2D eigenvalue weighted by Crippen LogP contribution is -2.13. The zero-order valence-electron chi connectivity index (χ0n) is 10.0. The monoisotopic (exact) mass is 310 g/mol. The first-order valence-corrected chi connectivity index (χ1v) is 8.15. The topological polar surface area (TPSA) is 58.2 Å². The van der Waals surface area contributed by atoms with Gasteiger partial charge in [-0.05, 0) is 24.6 Å². The van der Waals surface area contributed by atoms with Gasteiger partial charge in [0.05, 0.1) is 16.4 Å². The predicted octanol–water partition coefficient (Wildman–Crippen LogP) is 3.49. The largest absolute Gasteiger partial charge is 0.384 e. The van der Waals surface area contributed by atoms with E-state index in [2.05, 4.69) is 17.0 Å². The van der Waals surface area contributed by atoms with E-state index < -0.39 is 15.2 Å². The van der Waals surface area contributed by atoms with Gasteiger partial charge in [-0.3, -0.25) is 4.72 Å². The molecule has 0 unspecified atom stereocenters. The Labute approximate surface area is 118 Å². The number of anilines is 2. The Morgan fingerprint density at radius 1 is 1.33 bits per heavy atom. The second-order valence-electron chi connectivity index (χ2n) is 3.80. The quantitative estimate of drug-likeness (QED) is 0.598. The third-order valence-corrected chi connectivity index (χ3v) is 4.25. The molecule has 0 fully saturated rings. The maximum absolute atomic E-state index is 11.3. The van der Waals surface area contributed by atoms with Crippen LogP contribution in [0.2, 0.25) is 5.02 Å². The molecule has 0 saturated carbocycles. The first kappa shape index (κ1) is 15.4. The van der Waals surface area contributed by atoms with Crippen LogP contribution in [0.1, 0.15) is 19.8 Å². The minimum absolute atomic E-state index is 0.444. The lowest BCUT2D eigenvalue weighted by Gasteiger charge is -2.11. The van der Waals surface area contributed by atoms with E-state index >= 15 is 0 Å². The molecule has 18 heavy (non-hydrogen) atoms. The minimum atomic E-state index is -3.48. The van der Waals surface area contributed by atoms with Gasteiger partial charge < -0.3 is 5.32 Å². The number of hydrogen-bond donors (Lipinski definition) is 2. The molecule has 7 heteroatoms. The molecule has 0 aliphatic heterocycles. The summed E-state index contributed by atoms with van der Waals surface area (Å²) in [6.07, 6.45) is 2.09. The van der Waals surface area contributed by atoms with E-state index in [1.54, 1.807) is 18.2 Å². The fraction of sp³-hybridized carbons (Fsp3) is 0.455. The summed E-state index contributed by atoms with van der Waals surface area (Å²) in [6, 6.07) is 4.89.